The van der Waals surface area contributed by atoms with Gasteiger partial charge in [-0.25, -0.2) is 4.68 Å². The maximum atomic E-state index is 8.58. The van der Waals surface area contributed by atoms with E-state index >= 15 is 0 Å². The van der Waals surface area contributed by atoms with Crippen molar-refractivity contribution < 1.29 is 5.11 Å². The molecule has 0 radical (unpaired) electrons. The number of hydrogen-bond donors (Lipinski definition) is 2. The first-order chi connectivity index (χ1) is 5.75. The van der Waals surface area contributed by atoms with Gasteiger partial charge in [0.05, 0.1) is 6.04 Å². The van der Waals surface area contributed by atoms with Crippen molar-refractivity contribution in [1.29, 1.82) is 0 Å². The lowest BCUT2D eigenvalue weighted by Gasteiger charge is -2.04. The van der Waals surface area contributed by atoms with Crippen molar-refractivity contribution in [1.82, 2.24) is 20.2 Å². The van der Waals surface area contributed by atoms with Gasteiger partial charge in [-0.2, -0.15) is 0 Å². The summed E-state index contributed by atoms with van der Waals surface area (Å²) in [4.78, 5) is 0. The molecule has 0 saturated carbocycles. The van der Waals surface area contributed by atoms with Crippen LogP contribution in [-0.2, 0) is 6.54 Å². The fourth-order valence-electron chi connectivity index (χ4n) is 0.917. The quantitative estimate of drug-likeness (QED) is 0.611. The van der Waals surface area contributed by atoms with E-state index in [0.717, 1.165) is 0 Å². The van der Waals surface area contributed by atoms with Gasteiger partial charge in [-0.05, 0) is 23.8 Å². The maximum absolute atomic E-state index is 8.58. The summed E-state index contributed by atoms with van der Waals surface area (Å²) < 4.78 is 1.61. The van der Waals surface area contributed by atoms with Crippen molar-refractivity contribution in [2.75, 3.05) is 6.61 Å². The highest BCUT2D eigenvalue weighted by atomic mass is 16.3. The number of aliphatic hydroxyl groups excluding tert-OH is 1. The van der Waals surface area contributed by atoms with E-state index in [1.54, 1.807) is 4.68 Å². The van der Waals surface area contributed by atoms with E-state index in [1.807, 2.05) is 6.92 Å². The summed E-state index contributed by atoms with van der Waals surface area (Å²) in [6.45, 7) is 2.57. The molecule has 6 nitrogen and oxygen atoms in total. The Kier molecular flexibility index (Phi) is 3.12. The van der Waals surface area contributed by atoms with Gasteiger partial charge < -0.3 is 10.8 Å². The lowest BCUT2D eigenvalue weighted by atomic mass is 10.3. The summed E-state index contributed by atoms with van der Waals surface area (Å²) in [6.07, 6.45) is 0.644. The fraction of sp³-hybridized carbons (Fsp3) is 0.833. The highest BCUT2D eigenvalue weighted by Crippen LogP contribution is 2.03. The molecule has 1 aromatic rings. The van der Waals surface area contributed by atoms with Crippen LogP contribution < -0.4 is 5.73 Å². The van der Waals surface area contributed by atoms with Crippen LogP contribution in [0, 0.1) is 0 Å². The minimum absolute atomic E-state index is 0.137. The number of hydrogen-bond acceptors (Lipinski definition) is 5. The molecule has 0 amide bonds. The minimum Gasteiger partial charge on any atom is -0.396 e. The largest absolute Gasteiger partial charge is 0.396 e. The van der Waals surface area contributed by atoms with E-state index in [4.69, 9.17) is 10.8 Å². The standard InChI is InChI=1S/C6H13N5O/c1-5(7)6-8-9-10-11(6)3-2-4-12/h5,12H,2-4,7H2,1H3. The summed E-state index contributed by atoms with van der Waals surface area (Å²) in [5.74, 6) is 0.656. The van der Waals surface area contributed by atoms with Crippen LogP contribution in [0.2, 0.25) is 0 Å². The van der Waals surface area contributed by atoms with Crippen LogP contribution in [0.3, 0.4) is 0 Å². The molecule has 0 aliphatic rings. The first-order valence-electron chi connectivity index (χ1n) is 3.88. The third-order valence-corrected chi connectivity index (χ3v) is 1.49. The molecular formula is C6H13N5O. The number of aromatic nitrogens is 4. The molecule has 0 spiro atoms. The Bertz CT molecular complexity index is 234. The Morgan fingerprint density at radius 3 is 3.00 bits per heavy atom. The average molecular weight is 171 g/mol. The summed E-state index contributed by atoms with van der Waals surface area (Å²) >= 11 is 0. The SMILES string of the molecule is CC(N)c1nnnn1CCCO. The summed E-state index contributed by atoms with van der Waals surface area (Å²) in [7, 11) is 0. The maximum Gasteiger partial charge on any atom is 0.167 e. The molecule has 0 fully saturated rings. The van der Waals surface area contributed by atoms with E-state index in [2.05, 4.69) is 15.5 Å². The second-order valence-electron chi connectivity index (χ2n) is 2.63. The molecule has 1 heterocycles. The Morgan fingerprint density at radius 1 is 1.67 bits per heavy atom. The van der Waals surface area contributed by atoms with Gasteiger partial charge in [0, 0.05) is 13.2 Å². The molecule has 1 aromatic heterocycles. The molecule has 6 heteroatoms. The van der Waals surface area contributed by atoms with Crippen molar-refractivity contribution in [3.05, 3.63) is 5.82 Å². The van der Waals surface area contributed by atoms with Gasteiger partial charge in [0.15, 0.2) is 5.82 Å². The highest BCUT2D eigenvalue weighted by Gasteiger charge is 2.08. The third kappa shape index (κ3) is 1.99. The molecule has 0 aliphatic carbocycles. The number of rotatable bonds is 4. The molecule has 68 valence electrons. The number of nitrogens with zero attached hydrogens (tertiary/aromatic N) is 4. The monoisotopic (exact) mass is 171 g/mol. The van der Waals surface area contributed by atoms with Gasteiger partial charge in [-0.3, -0.25) is 0 Å². The second kappa shape index (κ2) is 4.13. The van der Waals surface area contributed by atoms with Crippen LogP contribution in [0.25, 0.3) is 0 Å². The Balaban J connectivity index is 2.64. The van der Waals surface area contributed by atoms with Crippen molar-refractivity contribution in [3.8, 4) is 0 Å². The number of tetrazole rings is 1. The molecule has 1 unspecified atom stereocenters. The van der Waals surface area contributed by atoms with Crippen LogP contribution in [0.5, 0.6) is 0 Å². The average Bonchev–Trinajstić information content (AvgIpc) is 2.48. The fourth-order valence-corrected chi connectivity index (χ4v) is 0.917. The van der Waals surface area contributed by atoms with Gasteiger partial charge in [0.1, 0.15) is 0 Å². The molecule has 3 N–H and O–H groups in total. The molecule has 0 aliphatic heterocycles. The van der Waals surface area contributed by atoms with E-state index in [1.165, 1.54) is 0 Å². The van der Waals surface area contributed by atoms with Gasteiger partial charge in [0.25, 0.3) is 0 Å². The van der Waals surface area contributed by atoms with Crippen molar-refractivity contribution in [2.24, 2.45) is 5.73 Å². The van der Waals surface area contributed by atoms with Crippen LogP contribution in [0.4, 0.5) is 0 Å². The molecule has 0 saturated heterocycles. The van der Waals surface area contributed by atoms with Crippen molar-refractivity contribution in [3.63, 3.8) is 0 Å². The van der Waals surface area contributed by atoms with Gasteiger partial charge in [0.2, 0.25) is 0 Å². The molecular weight excluding hydrogens is 158 g/mol. The number of aliphatic hydroxyl groups is 1. The predicted octanol–water partition coefficient (Wildman–Crippen LogP) is -0.925. The lowest BCUT2D eigenvalue weighted by Crippen LogP contribution is -2.15. The van der Waals surface area contributed by atoms with Crippen LogP contribution in [0.15, 0.2) is 0 Å². The Labute approximate surface area is 70.4 Å². The molecule has 1 atom stereocenters. The zero-order chi connectivity index (χ0) is 8.97. The Hall–Kier alpha value is -1.01. The van der Waals surface area contributed by atoms with Gasteiger partial charge in [-0.15, -0.1) is 5.10 Å². The van der Waals surface area contributed by atoms with Crippen LogP contribution >= 0.6 is 0 Å². The zero-order valence-corrected chi connectivity index (χ0v) is 7.01. The van der Waals surface area contributed by atoms with Gasteiger partial charge >= 0.3 is 0 Å². The first kappa shape index (κ1) is 9.08. The predicted molar refractivity (Wildman–Crippen MR) is 42.1 cm³/mol. The van der Waals surface area contributed by atoms with Crippen LogP contribution in [-0.4, -0.2) is 31.9 Å². The molecule has 0 aromatic carbocycles. The van der Waals surface area contributed by atoms with E-state index in [9.17, 15) is 0 Å². The van der Waals surface area contributed by atoms with Crippen LogP contribution in [0.1, 0.15) is 25.2 Å². The lowest BCUT2D eigenvalue weighted by molar-refractivity contribution is 0.275. The summed E-state index contributed by atoms with van der Waals surface area (Å²) in [5.41, 5.74) is 5.60. The van der Waals surface area contributed by atoms with Crippen molar-refractivity contribution >= 4 is 0 Å². The molecule has 0 bridgehead atoms. The zero-order valence-electron chi connectivity index (χ0n) is 7.01. The summed E-state index contributed by atoms with van der Waals surface area (Å²) in [5, 5.41) is 19.6. The summed E-state index contributed by atoms with van der Waals surface area (Å²) in [6, 6.07) is -0.168. The van der Waals surface area contributed by atoms with Gasteiger partial charge in [-0.1, -0.05) is 0 Å². The normalized spacial score (nSPS) is 13.2. The second-order valence-corrected chi connectivity index (χ2v) is 2.63. The smallest absolute Gasteiger partial charge is 0.167 e. The molecule has 1 rings (SSSR count). The first-order valence-corrected chi connectivity index (χ1v) is 3.88. The number of nitrogens with two attached hydrogens (primary N) is 1. The minimum atomic E-state index is -0.168. The Morgan fingerprint density at radius 2 is 2.42 bits per heavy atom. The highest BCUT2D eigenvalue weighted by molar-refractivity contribution is 4.86. The molecule has 12 heavy (non-hydrogen) atoms. The number of aryl methyl sites for hydroxylation is 1. The van der Waals surface area contributed by atoms with E-state index in [-0.39, 0.29) is 12.6 Å². The van der Waals surface area contributed by atoms with E-state index in [0.29, 0.717) is 18.8 Å². The van der Waals surface area contributed by atoms with Crippen molar-refractivity contribution in [2.45, 2.75) is 25.9 Å². The third-order valence-electron chi connectivity index (χ3n) is 1.49. The topological polar surface area (TPSA) is 89.9 Å². The van der Waals surface area contributed by atoms with E-state index < -0.39 is 0 Å².